The van der Waals surface area contributed by atoms with Crippen molar-refractivity contribution in [3.8, 4) is 0 Å². The van der Waals surface area contributed by atoms with E-state index in [0.29, 0.717) is 0 Å². The third-order valence-corrected chi connectivity index (χ3v) is 4.49. The molecule has 0 spiro atoms. The quantitative estimate of drug-likeness (QED) is 0.646. The maximum absolute atomic E-state index is 6.34. The highest BCUT2D eigenvalue weighted by Gasteiger charge is 2.61. The molecule has 2 atom stereocenters. The van der Waals surface area contributed by atoms with Gasteiger partial charge in [0.15, 0.2) is 0 Å². The van der Waals surface area contributed by atoms with Crippen LogP contribution in [-0.2, 0) is 0 Å². The van der Waals surface area contributed by atoms with Gasteiger partial charge < -0.3 is 11.5 Å². The summed E-state index contributed by atoms with van der Waals surface area (Å²) in [6.07, 6.45) is 14.3. The summed E-state index contributed by atoms with van der Waals surface area (Å²) >= 11 is 0. The van der Waals surface area contributed by atoms with E-state index in [0.717, 1.165) is 19.3 Å². The normalized spacial score (nSPS) is 43.6. The number of rotatable bonds is 0. The molecule has 0 radical (unpaired) electrons. The number of hydrogen-bond acceptors (Lipinski definition) is 2. The SMILES string of the molecule is NC12CCCCCCCCCCC1(N)C2. The van der Waals surface area contributed by atoms with Gasteiger partial charge >= 0.3 is 0 Å². The van der Waals surface area contributed by atoms with Gasteiger partial charge in [-0.1, -0.05) is 51.4 Å². The molecule has 0 aromatic carbocycles. The van der Waals surface area contributed by atoms with Crippen LogP contribution in [0.3, 0.4) is 0 Å². The van der Waals surface area contributed by atoms with Crippen LogP contribution in [-0.4, -0.2) is 11.1 Å². The molecule has 88 valence electrons. The zero-order chi connectivity index (χ0) is 10.8. The van der Waals surface area contributed by atoms with E-state index in [-0.39, 0.29) is 11.1 Å². The van der Waals surface area contributed by atoms with Crippen molar-refractivity contribution >= 4 is 0 Å². The Balaban J connectivity index is 1.84. The van der Waals surface area contributed by atoms with Crippen LogP contribution in [0.1, 0.15) is 70.6 Å². The molecule has 2 unspecified atom stereocenters. The van der Waals surface area contributed by atoms with Crippen molar-refractivity contribution < 1.29 is 0 Å². The Hall–Kier alpha value is -0.0800. The molecule has 0 amide bonds. The minimum atomic E-state index is 0.00615. The maximum atomic E-state index is 6.34. The Bertz CT molecular complexity index is 195. The fourth-order valence-electron chi connectivity index (χ4n) is 3.13. The Labute approximate surface area is 93.8 Å². The zero-order valence-corrected chi connectivity index (χ0v) is 9.93. The molecular formula is C13H26N2. The van der Waals surface area contributed by atoms with Crippen molar-refractivity contribution in [3.63, 3.8) is 0 Å². The summed E-state index contributed by atoms with van der Waals surface area (Å²) < 4.78 is 0. The van der Waals surface area contributed by atoms with Gasteiger partial charge in [-0.05, 0) is 19.3 Å². The highest BCUT2D eigenvalue weighted by Crippen LogP contribution is 2.50. The van der Waals surface area contributed by atoms with Gasteiger partial charge in [0.1, 0.15) is 0 Å². The summed E-state index contributed by atoms with van der Waals surface area (Å²) in [5.74, 6) is 0. The lowest BCUT2D eigenvalue weighted by Crippen LogP contribution is -2.41. The average molecular weight is 210 g/mol. The van der Waals surface area contributed by atoms with Gasteiger partial charge in [-0.15, -0.1) is 0 Å². The Morgan fingerprint density at radius 1 is 0.533 bits per heavy atom. The number of nitrogens with two attached hydrogens (primary N) is 2. The maximum Gasteiger partial charge on any atom is 0.0355 e. The molecule has 4 N–H and O–H groups in total. The summed E-state index contributed by atoms with van der Waals surface area (Å²) in [5, 5.41) is 0. The topological polar surface area (TPSA) is 52.0 Å². The lowest BCUT2D eigenvalue weighted by molar-refractivity contribution is 0.419. The number of hydrogen-bond donors (Lipinski definition) is 2. The van der Waals surface area contributed by atoms with Crippen molar-refractivity contribution in [1.82, 2.24) is 0 Å². The molecule has 2 nitrogen and oxygen atoms in total. The third-order valence-electron chi connectivity index (χ3n) is 4.49. The van der Waals surface area contributed by atoms with Crippen LogP contribution in [0.2, 0.25) is 0 Å². The van der Waals surface area contributed by atoms with E-state index in [1.165, 1.54) is 51.4 Å². The van der Waals surface area contributed by atoms with Gasteiger partial charge in [-0.2, -0.15) is 0 Å². The summed E-state index contributed by atoms with van der Waals surface area (Å²) in [7, 11) is 0. The first-order chi connectivity index (χ1) is 7.16. The molecule has 0 aromatic rings. The predicted molar refractivity (Wildman–Crippen MR) is 64.6 cm³/mol. The van der Waals surface area contributed by atoms with Crippen LogP contribution in [0.25, 0.3) is 0 Å². The Kier molecular flexibility index (Phi) is 3.36. The van der Waals surface area contributed by atoms with Gasteiger partial charge in [0, 0.05) is 11.1 Å². The highest BCUT2D eigenvalue weighted by molar-refractivity contribution is 5.24. The van der Waals surface area contributed by atoms with Crippen LogP contribution in [0.5, 0.6) is 0 Å². The summed E-state index contributed by atoms with van der Waals surface area (Å²) in [6.45, 7) is 0. The molecule has 2 aliphatic carbocycles. The lowest BCUT2D eigenvalue weighted by Gasteiger charge is -2.19. The van der Waals surface area contributed by atoms with Gasteiger partial charge in [0.25, 0.3) is 0 Å². The van der Waals surface area contributed by atoms with Crippen LogP contribution in [0, 0.1) is 0 Å². The van der Waals surface area contributed by atoms with Crippen molar-refractivity contribution in [2.45, 2.75) is 81.7 Å². The highest BCUT2D eigenvalue weighted by atomic mass is 15.0. The second kappa shape index (κ2) is 4.42. The molecule has 2 heteroatoms. The molecule has 2 aliphatic rings. The fraction of sp³-hybridized carbons (Fsp3) is 1.00. The van der Waals surface area contributed by atoms with Crippen LogP contribution >= 0.6 is 0 Å². The lowest BCUT2D eigenvalue weighted by atomic mass is 9.95. The molecule has 0 saturated heterocycles. The predicted octanol–water partition coefficient (Wildman–Crippen LogP) is 2.70. The van der Waals surface area contributed by atoms with Gasteiger partial charge in [-0.25, -0.2) is 0 Å². The van der Waals surface area contributed by atoms with Crippen LogP contribution in [0.15, 0.2) is 0 Å². The Morgan fingerprint density at radius 2 is 0.867 bits per heavy atom. The second-order valence-electron chi connectivity index (χ2n) is 5.82. The fourth-order valence-corrected chi connectivity index (χ4v) is 3.13. The first kappa shape index (κ1) is 11.4. The minimum absolute atomic E-state index is 0.00615. The second-order valence-corrected chi connectivity index (χ2v) is 5.82. The monoisotopic (exact) mass is 210 g/mol. The van der Waals surface area contributed by atoms with Crippen molar-refractivity contribution in [2.75, 3.05) is 0 Å². The van der Waals surface area contributed by atoms with E-state index >= 15 is 0 Å². The molecule has 15 heavy (non-hydrogen) atoms. The molecule has 0 bridgehead atoms. The standard InChI is InChI=1S/C13H26N2/c14-12-9-7-5-3-1-2-4-6-8-10-13(12,15)11-12/h1-11,14-15H2. The molecule has 0 aromatic heterocycles. The minimum Gasteiger partial charge on any atom is -0.323 e. The van der Waals surface area contributed by atoms with Gasteiger partial charge in [-0.3, -0.25) is 0 Å². The third kappa shape index (κ3) is 2.54. The first-order valence-corrected chi connectivity index (χ1v) is 6.74. The average Bonchev–Trinajstić information content (AvgIpc) is 2.70. The zero-order valence-electron chi connectivity index (χ0n) is 9.93. The van der Waals surface area contributed by atoms with Crippen molar-refractivity contribution in [1.29, 1.82) is 0 Å². The van der Waals surface area contributed by atoms with Crippen molar-refractivity contribution in [3.05, 3.63) is 0 Å². The molecule has 2 fully saturated rings. The van der Waals surface area contributed by atoms with Gasteiger partial charge in [0.05, 0.1) is 0 Å². The van der Waals surface area contributed by atoms with E-state index in [2.05, 4.69) is 0 Å². The summed E-state index contributed by atoms with van der Waals surface area (Å²) in [6, 6.07) is 0. The Morgan fingerprint density at radius 3 is 1.27 bits per heavy atom. The van der Waals surface area contributed by atoms with E-state index in [4.69, 9.17) is 11.5 Å². The van der Waals surface area contributed by atoms with E-state index in [9.17, 15) is 0 Å². The van der Waals surface area contributed by atoms with Crippen LogP contribution < -0.4 is 11.5 Å². The number of fused-ring (bicyclic) bond motifs is 1. The van der Waals surface area contributed by atoms with Crippen molar-refractivity contribution in [2.24, 2.45) is 11.5 Å². The van der Waals surface area contributed by atoms with E-state index in [1.54, 1.807) is 0 Å². The molecule has 0 aliphatic heterocycles. The summed E-state index contributed by atoms with van der Waals surface area (Å²) in [4.78, 5) is 0. The van der Waals surface area contributed by atoms with Crippen LogP contribution in [0.4, 0.5) is 0 Å². The molecular weight excluding hydrogens is 184 g/mol. The van der Waals surface area contributed by atoms with Gasteiger partial charge in [0.2, 0.25) is 0 Å². The van der Waals surface area contributed by atoms with E-state index in [1.807, 2.05) is 0 Å². The first-order valence-electron chi connectivity index (χ1n) is 6.74. The molecule has 2 rings (SSSR count). The molecule has 2 saturated carbocycles. The van der Waals surface area contributed by atoms with E-state index < -0.39 is 0 Å². The summed E-state index contributed by atoms with van der Waals surface area (Å²) in [5.41, 5.74) is 12.7. The molecule has 0 heterocycles. The smallest absolute Gasteiger partial charge is 0.0355 e. The largest absolute Gasteiger partial charge is 0.323 e.